The topological polar surface area (TPSA) is 58.6 Å². The second-order valence-electron chi connectivity index (χ2n) is 7.47. The molecule has 0 bridgehead atoms. The summed E-state index contributed by atoms with van der Waals surface area (Å²) in [6.07, 6.45) is 6.39. The Morgan fingerprint density at radius 1 is 1.29 bits per heavy atom. The monoisotopic (exact) mass is 328 g/mol. The van der Waals surface area contributed by atoms with Gasteiger partial charge in [-0.25, -0.2) is 0 Å². The van der Waals surface area contributed by atoms with Crippen molar-refractivity contribution in [2.45, 2.75) is 44.4 Å². The zero-order chi connectivity index (χ0) is 16.7. The standard InChI is InChI=1S/C19H24N2O3/c1-24-13-4-5-16-14(10-13)15(11-17(22)20-16)18(23)21-9-8-19(12-21)6-2-3-7-19/h4-5,10,15H,2-3,6-9,11-12H2,1H3,(H,20,22)/t15-/m0/s1. The van der Waals surface area contributed by atoms with Crippen LogP contribution in [0.4, 0.5) is 5.69 Å². The molecule has 2 aliphatic heterocycles. The van der Waals surface area contributed by atoms with Crippen molar-refractivity contribution in [1.82, 2.24) is 4.90 Å². The van der Waals surface area contributed by atoms with Crippen molar-refractivity contribution in [2.24, 2.45) is 5.41 Å². The highest BCUT2D eigenvalue weighted by molar-refractivity contribution is 6.01. The SMILES string of the molecule is COc1ccc2c(c1)[C@@H](C(=O)N1CCC3(CCCC3)C1)CC(=O)N2. The molecule has 1 saturated carbocycles. The molecule has 1 saturated heterocycles. The number of amides is 2. The number of hydrogen-bond donors (Lipinski definition) is 1. The van der Waals surface area contributed by atoms with Crippen molar-refractivity contribution in [3.63, 3.8) is 0 Å². The number of rotatable bonds is 2. The van der Waals surface area contributed by atoms with Gasteiger partial charge in [-0.15, -0.1) is 0 Å². The zero-order valence-electron chi connectivity index (χ0n) is 14.1. The Morgan fingerprint density at radius 2 is 2.08 bits per heavy atom. The normalized spacial score (nSPS) is 24.8. The maximum absolute atomic E-state index is 13.2. The molecule has 0 unspecified atom stereocenters. The first-order chi connectivity index (χ1) is 11.6. The summed E-state index contributed by atoms with van der Waals surface area (Å²) in [6, 6.07) is 5.53. The molecular formula is C19H24N2O3. The number of carbonyl (C=O) groups excluding carboxylic acids is 2. The molecule has 1 atom stereocenters. The Hall–Kier alpha value is -2.04. The maximum Gasteiger partial charge on any atom is 0.230 e. The first-order valence-electron chi connectivity index (χ1n) is 8.87. The summed E-state index contributed by atoms with van der Waals surface area (Å²) in [4.78, 5) is 27.2. The molecule has 1 aromatic carbocycles. The van der Waals surface area contributed by atoms with E-state index in [1.807, 2.05) is 23.1 Å². The third-order valence-corrected chi connectivity index (χ3v) is 6.01. The lowest BCUT2D eigenvalue weighted by atomic mass is 9.85. The Kier molecular flexibility index (Phi) is 3.74. The van der Waals surface area contributed by atoms with Crippen LogP contribution >= 0.6 is 0 Å². The van der Waals surface area contributed by atoms with Crippen LogP contribution in [0.25, 0.3) is 0 Å². The summed E-state index contributed by atoms with van der Waals surface area (Å²) < 4.78 is 5.30. The minimum absolute atomic E-state index is 0.0826. The van der Waals surface area contributed by atoms with Gasteiger partial charge in [0.25, 0.3) is 0 Å². The molecular weight excluding hydrogens is 304 g/mol. The minimum atomic E-state index is -0.389. The highest BCUT2D eigenvalue weighted by Crippen LogP contribution is 2.46. The second kappa shape index (κ2) is 5.80. The minimum Gasteiger partial charge on any atom is -0.497 e. The van der Waals surface area contributed by atoms with E-state index >= 15 is 0 Å². The van der Waals surface area contributed by atoms with E-state index in [9.17, 15) is 9.59 Å². The number of methoxy groups -OCH3 is 1. The molecule has 2 amide bonds. The summed E-state index contributed by atoms with van der Waals surface area (Å²) in [5.74, 6) is 0.348. The molecule has 1 aromatic rings. The van der Waals surface area contributed by atoms with E-state index in [0.717, 1.165) is 36.5 Å². The van der Waals surface area contributed by atoms with Gasteiger partial charge in [-0.05, 0) is 48.4 Å². The predicted octanol–water partition coefficient (Wildman–Crippen LogP) is 2.91. The van der Waals surface area contributed by atoms with Crippen molar-refractivity contribution in [3.05, 3.63) is 23.8 Å². The molecule has 1 spiro atoms. The van der Waals surface area contributed by atoms with Gasteiger partial charge in [0, 0.05) is 25.2 Å². The molecule has 2 heterocycles. The first kappa shape index (κ1) is 15.5. The van der Waals surface area contributed by atoms with Gasteiger partial charge in [0.05, 0.1) is 13.0 Å². The lowest BCUT2D eigenvalue weighted by Gasteiger charge is -2.30. The Bertz CT molecular complexity index is 679. The van der Waals surface area contributed by atoms with Gasteiger partial charge >= 0.3 is 0 Å². The van der Waals surface area contributed by atoms with Crippen molar-refractivity contribution in [2.75, 3.05) is 25.5 Å². The van der Waals surface area contributed by atoms with Crippen LogP contribution in [-0.2, 0) is 9.59 Å². The van der Waals surface area contributed by atoms with E-state index in [1.54, 1.807) is 7.11 Å². The highest BCUT2D eigenvalue weighted by Gasteiger charge is 2.44. The number of nitrogens with one attached hydrogen (secondary N) is 1. The van der Waals surface area contributed by atoms with Crippen LogP contribution in [0, 0.1) is 5.41 Å². The van der Waals surface area contributed by atoms with Crippen LogP contribution in [0.5, 0.6) is 5.75 Å². The van der Waals surface area contributed by atoms with Gasteiger partial charge in [0.2, 0.25) is 11.8 Å². The summed E-state index contributed by atoms with van der Waals surface area (Å²) in [6.45, 7) is 1.69. The van der Waals surface area contributed by atoms with E-state index in [1.165, 1.54) is 25.7 Å². The smallest absolute Gasteiger partial charge is 0.230 e. The van der Waals surface area contributed by atoms with Crippen LogP contribution < -0.4 is 10.1 Å². The number of benzene rings is 1. The number of fused-ring (bicyclic) bond motifs is 1. The largest absolute Gasteiger partial charge is 0.497 e. The van der Waals surface area contributed by atoms with Crippen LogP contribution in [0.1, 0.15) is 50.0 Å². The van der Waals surface area contributed by atoms with Gasteiger partial charge < -0.3 is 15.0 Å². The third kappa shape index (κ3) is 2.56. The molecule has 5 nitrogen and oxygen atoms in total. The average molecular weight is 328 g/mol. The molecule has 0 radical (unpaired) electrons. The number of hydrogen-bond acceptors (Lipinski definition) is 3. The highest BCUT2D eigenvalue weighted by atomic mass is 16.5. The zero-order valence-corrected chi connectivity index (χ0v) is 14.1. The lowest BCUT2D eigenvalue weighted by molar-refractivity contribution is -0.134. The van der Waals surface area contributed by atoms with Crippen molar-refractivity contribution < 1.29 is 14.3 Å². The van der Waals surface area contributed by atoms with Gasteiger partial charge in [-0.2, -0.15) is 0 Å². The van der Waals surface area contributed by atoms with E-state index in [-0.39, 0.29) is 24.2 Å². The maximum atomic E-state index is 13.2. The summed E-state index contributed by atoms with van der Waals surface area (Å²) in [7, 11) is 1.62. The van der Waals surface area contributed by atoms with Gasteiger partial charge in [0.15, 0.2) is 0 Å². The number of likely N-dealkylation sites (tertiary alicyclic amines) is 1. The van der Waals surface area contributed by atoms with E-state index in [0.29, 0.717) is 5.41 Å². The lowest BCUT2D eigenvalue weighted by Crippen LogP contribution is -2.38. The van der Waals surface area contributed by atoms with Crippen LogP contribution in [0.2, 0.25) is 0 Å². The fourth-order valence-corrected chi connectivity index (χ4v) is 4.66. The Labute approximate surface area is 142 Å². The van der Waals surface area contributed by atoms with Crippen molar-refractivity contribution in [3.8, 4) is 5.75 Å². The predicted molar refractivity (Wildman–Crippen MR) is 91.1 cm³/mol. The van der Waals surface area contributed by atoms with E-state index in [4.69, 9.17) is 4.74 Å². The van der Waals surface area contributed by atoms with Crippen LogP contribution in [0.15, 0.2) is 18.2 Å². The molecule has 1 N–H and O–H groups in total. The number of ether oxygens (including phenoxy) is 1. The fraction of sp³-hybridized carbons (Fsp3) is 0.579. The van der Waals surface area contributed by atoms with Crippen LogP contribution in [0.3, 0.4) is 0 Å². The fourth-order valence-electron chi connectivity index (χ4n) is 4.66. The van der Waals surface area contributed by atoms with Gasteiger partial charge in [-0.3, -0.25) is 9.59 Å². The molecule has 128 valence electrons. The van der Waals surface area contributed by atoms with Gasteiger partial charge in [-0.1, -0.05) is 12.8 Å². The number of nitrogens with zero attached hydrogens (tertiary/aromatic N) is 1. The molecule has 4 rings (SSSR count). The molecule has 2 fully saturated rings. The molecule has 5 heteroatoms. The number of anilines is 1. The Balaban J connectivity index is 1.60. The molecule has 3 aliphatic rings. The molecule has 0 aromatic heterocycles. The Morgan fingerprint density at radius 3 is 2.83 bits per heavy atom. The molecule has 24 heavy (non-hydrogen) atoms. The third-order valence-electron chi connectivity index (χ3n) is 6.01. The summed E-state index contributed by atoms with van der Waals surface area (Å²) in [5.41, 5.74) is 1.97. The summed E-state index contributed by atoms with van der Waals surface area (Å²) >= 11 is 0. The molecule has 1 aliphatic carbocycles. The quantitative estimate of drug-likeness (QED) is 0.908. The first-order valence-corrected chi connectivity index (χ1v) is 8.87. The second-order valence-corrected chi connectivity index (χ2v) is 7.47. The van der Waals surface area contributed by atoms with Crippen molar-refractivity contribution in [1.29, 1.82) is 0 Å². The van der Waals surface area contributed by atoms with Crippen molar-refractivity contribution >= 4 is 17.5 Å². The summed E-state index contributed by atoms with van der Waals surface area (Å²) in [5, 5.41) is 2.87. The van der Waals surface area contributed by atoms with E-state index in [2.05, 4.69) is 5.32 Å². The van der Waals surface area contributed by atoms with Crippen LogP contribution in [-0.4, -0.2) is 36.9 Å². The van der Waals surface area contributed by atoms with E-state index < -0.39 is 0 Å². The average Bonchev–Trinajstić information content (AvgIpc) is 3.23. The number of carbonyl (C=O) groups is 2. The van der Waals surface area contributed by atoms with Gasteiger partial charge in [0.1, 0.15) is 5.75 Å².